The number of rotatable bonds is 3. The molecule has 4 heteroatoms. The van der Waals surface area contributed by atoms with Gasteiger partial charge in [0.25, 0.3) is 0 Å². The summed E-state index contributed by atoms with van der Waals surface area (Å²) in [6, 6.07) is 32.6. The molecule has 0 aliphatic rings. The number of nitrogens with two attached hydrogens (primary N) is 1. The first-order valence-electron chi connectivity index (χ1n) is 9.69. The first-order valence-corrected chi connectivity index (χ1v) is 10.5. The smallest absolute Gasteiger partial charge is 0.154 e. The molecule has 30 heavy (non-hydrogen) atoms. The van der Waals surface area contributed by atoms with E-state index in [9.17, 15) is 0 Å². The van der Waals surface area contributed by atoms with E-state index in [1.165, 1.54) is 15.5 Å². The van der Waals surface area contributed by atoms with Gasteiger partial charge in [-0.15, -0.1) is 11.3 Å². The van der Waals surface area contributed by atoms with E-state index >= 15 is 0 Å². The van der Waals surface area contributed by atoms with E-state index < -0.39 is 0 Å². The van der Waals surface area contributed by atoms with Gasteiger partial charge in [-0.2, -0.15) is 0 Å². The van der Waals surface area contributed by atoms with Crippen LogP contribution >= 0.6 is 11.3 Å². The summed E-state index contributed by atoms with van der Waals surface area (Å²) in [6.07, 6.45) is 0. The normalized spacial score (nSPS) is 11.8. The Morgan fingerprint density at radius 3 is 2.10 bits per heavy atom. The van der Waals surface area contributed by atoms with E-state index in [1.807, 2.05) is 54.6 Å². The van der Waals surface area contributed by atoms with Gasteiger partial charge in [-0.05, 0) is 23.3 Å². The molecule has 3 nitrogen and oxygen atoms in total. The van der Waals surface area contributed by atoms with Gasteiger partial charge < -0.3 is 5.73 Å². The minimum Gasteiger partial charge on any atom is -0.383 e. The summed E-state index contributed by atoms with van der Waals surface area (Å²) in [5.41, 5.74) is 10.1. The molecular formula is C26H19N3S. The lowest BCUT2D eigenvalue weighted by Crippen LogP contribution is -2.15. The number of nitrogens with one attached hydrogen (secondary N) is 1. The van der Waals surface area contributed by atoms with Crippen LogP contribution in [-0.4, -0.2) is 11.7 Å². The van der Waals surface area contributed by atoms with Crippen LogP contribution in [0.25, 0.3) is 31.3 Å². The fraction of sp³-hybridized carbons (Fsp3) is 0. The largest absolute Gasteiger partial charge is 0.383 e. The van der Waals surface area contributed by atoms with Crippen LogP contribution in [0.1, 0.15) is 11.1 Å². The summed E-state index contributed by atoms with van der Waals surface area (Å²) in [6.45, 7) is 0. The average Bonchev–Trinajstić information content (AvgIpc) is 3.17. The first kappa shape index (κ1) is 18.3. The Hall–Kier alpha value is -3.76. The van der Waals surface area contributed by atoms with Crippen LogP contribution in [0.5, 0.6) is 0 Å². The SMILES string of the molecule is N=C(/N=C(\N)c1ccc(-c2ccccc2)cc1)c1ccc2c(c1)sc1ccccc12. The maximum Gasteiger partial charge on any atom is 0.154 e. The van der Waals surface area contributed by atoms with Crippen molar-refractivity contribution in [3.05, 3.63) is 108 Å². The Bertz CT molecular complexity index is 1400. The molecule has 0 radical (unpaired) electrons. The molecule has 0 amide bonds. The van der Waals surface area contributed by atoms with Crippen LogP contribution in [0.2, 0.25) is 0 Å². The average molecular weight is 406 g/mol. The molecule has 0 saturated heterocycles. The van der Waals surface area contributed by atoms with Crippen LogP contribution < -0.4 is 5.73 Å². The van der Waals surface area contributed by atoms with Gasteiger partial charge in [-0.3, -0.25) is 5.41 Å². The van der Waals surface area contributed by atoms with Gasteiger partial charge in [0.1, 0.15) is 5.84 Å². The fourth-order valence-electron chi connectivity index (χ4n) is 3.59. The van der Waals surface area contributed by atoms with Crippen LogP contribution in [0.4, 0.5) is 0 Å². The zero-order valence-electron chi connectivity index (χ0n) is 16.2. The number of hydrogen-bond donors (Lipinski definition) is 2. The molecule has 0 fully saturated rings. The highest BCUT2D eigenvalue weighted by atomic mass is 32.1. The van der Waals surface area contributed by atoms with Crippen molar-refractivity contribution in [1.29, 1.82) is 5.41 Å². The second kappa shape index (κ2) is 7.58. The molecule has 0 atom stereocenters. The Balaban J connectivity index is 1.42. The molecule has 3 N–H and O–H groups in total. The molecule has 0 aliphatic carbocycles. The van der Waals surface area contributed by atoms with Crippen molar-refractivity contribution in [2.24, 2.45) is 10.7 Å². The Morgan fingerprint density at radius 1 is 0.667 bits per heavy atom. The highest BCUT2D eigenvalue weighted by Gasteiger charge is 2.09. The van der Waals surface area contributed by atoms with E-state index in [4.69, 9.17) is 11.1 Å². The molecule has 1 heterocycles. The number of nitrogens with zero attached hydrogens (tertiary/aromatic N) is 1. The van der Waals surface area contributed by atoms with E-state index in [-0.39, 0.29) is 5.84 Å². The van der Waals surface area contributed by atoms with Gasteiger partial charge in [0.15, 0.2) is 5.84 Å². The number of hydrogen-bond acceptors (Lipinski definition) is 2. The van der Waals surface area contributed by atoms with E-state index in [0.717, 1.165) is 27.0 Å². The number of amidine groups is 2. The van der Waals surface area contributed by atoms with Crippen molar-refractivity contribution in [2.75, 3.05) is 0 Å². The molecule has 5 aromatic rings. The third-order valence-electron chi connectivity index (χ3n) is 5.17. The number of fused-ring (bicyclic) bond motifs is 3. The zero-order valence-corrected chi connectivity index (χ0v) is 17.0. The minimum atomic E-state index is 0.166. The van der Waals surface area contributed by atoms with Gasteiger partial charge >= 0.3 is 0 Å². The van der Waals surface area contributed by atoms with Gasteiger partial charge in [0.2, 0.25) is 0 Å². The van der Waals surface area contributed by atoms with E-state index in [2.05, 4.69) is 47.5 Å². The summed E-state index contributed by atoms with van der Waals surface area (Å²) < 4.78 is 2.40. The molecule has 0 bridgehead atoms. The first-order chi connectivity index (χ1) is 14.7. The number of aliphatic imine (C=N–C) groups is 1. The summed E-state index contributed by atoms with van der Waals surface area (Å²) in [5, 5.41) is 10.9. The number of benzene rings is 4. The lowest BCUT2D eigenvalue weighted by Gasteiger charge is -2.05. The van der Waals surface area contributed by atoms with E-state index in [0.29, 0.717) is 5.84 Å². The van der Waals surface area contributed by atoms with E-state index in [1.54, 1.807) is 11.3 Å². The third-order valence-corrected chi connectivity index (χ3v) is 6.31. The highest BCUT2D eigenvalue weighted by molar-refractivity contribution is 7.25. The predicted octanol–water partition coefficient (Wildman–Crippen LogP) is 6.45. The van der Waals surface area contributed by atoms with Crippen LogP contribution in [0, 0.1) is 5.41 Å². The third kappa shape index (κ3) is 3.38. The van der Waals surface area contributed by atoms with Crippen molar-refractivity contribution in [2.45, 2.75) is 0 Å². The Kier molecular flexibility index (Phi) is 4.62. The maximum absolute atomic E-state index is 8.43. The second-order valence-electron chi connectivity index (χ2n) is 7.10. The van der Waals surface area contributed by atoms with Crippen molar-refractivity contribution in [3.63, 3.8) is 0 Å². The van der Waals surface area contributed by atoms with Crippen molar-refractivity contribution in [1.82, 2.24) is 0 Å². The standard InChI is InChI=1S/C26H19N3S/c27-25(19-12-10-18(11-13-19)17-6-2-1-3-7-17)29-26(28)20-14-15-22-21-8-4-5-9-23(21)30-24(22)16-20/h1-16H,(H3,27,28,29). The van der Waals surface area contributed by atoms with Crippen LogP contribution in [-0.2, 0) is 0 Å². The van der Waals surface area contributed by atoms with Gasteiger partial charge in [0, 0.05) is 31.3 Å². The molecule has 0 unspecified atom stereocenters. The Morgan fingerprint density at radius 2 is 1.30 bits per heavy atom. The molecule has 0 aliphatic heterocycles. The molecule has 0 spiro atoms. The molecule has 144 valence electrons. The summed E-state index contributed by atoms with van der Waals surface area (Å²) in [5.74, 6) is 0.509. The zero-order chi connectivity index (χ0) is 20.5. The fourth-order valence-corrected chi connectivity index (χ4v) is 4.73. The van der Waals surface area contributed by atoms with Crippen LogP contribution in [0.15, 0.2) is 102 Å². The molecular weight excluding hydrogens is 386 g/mol. The quantitative estimate of drug-likeness (QED) is 0.263. The van der Waals surface area contributed by atoms with Crippen molar-refractivity contribution in [3.8, 4) is 11.1 Å². The molecule has 4 aromatic carbocycles. The minimum absolute atomic E-state index is 0.166. The maximum atomic E-state index is 8.43. The Labute approximate surface area is 178 Å². The summed E-state index contributed by atoms with van der Waals surface area (Å²) in [4.78, 5) is 4.36. The lowest BCUT2D eigenvalue weighted by molar-refractivity contribution is 1.40. The topological polar surface area (TPSA) is 62.2 Å². The van der Waals surface area contributed by atoms with Crippen molar-refractivity contribution < 1.29 is 0 Å². The van der Waals surface area contributed by atoms with Crippen molar-refractivity contribution >= 4 is 43.2 Å². The summed E-state index contributed by atoms with van der Waals surface area (Å²) >= 11 is 1.73. The molecule has 1 aromatic heterocycles. The predicted molar refractivity (Wildman–Crippen MR) is 129 cm³/mol. The molecule has 5 rings (SSSR count). The monoisotopic (exact) mass is 405 g/mol. The number of thiophene rings is 1. The second-order valence-corrected chi connectivity index (χ2v) is 8.18. The lowest BCUT2D eigenvalue weighted by atomic mass is 10.0. The van der Waals surface area contributed by atoms with Gasteiger partial charge in [-0.25, -0.2) is 4.99 Å². The van der Waals surface area contributed by atoms with Gasteiger partial charge in [-0.1, -0.05) is 84.9 Å². The highest BCUT2D eigenvalue weighted by Crippen LogP contribution is 2.34. The molecule has 0 saturated carbocycles. The van der Waals surface area contributed by atoms with Crippen LogP contribution in [0.3, 0.4) is 0 Å². The summed E-state index contributed by atoms with van der Waals surface area (Å²) in [7, 11) is 0. The van der Waals surface area contributed by atoms with Gasteiger partial charge in [0.05, 0.1) is 0 Å².